The molecule has 0 aliphatic heterocycles. The van der Waals surface area contributed by atoms with Gasteiger partial charge in [-0.05, 0) is 125 Å². The zero-order chi connectivity index (χ0) is 40.1. The van der Waals surface area contributed by atoms with Crippen molar-refractivity contribution in [1.29, 1.82) is 0 Å². The Balaban J connectivity index is -0.000000168. The molecule has 0 aromatic carbocycles. The van der Waals surface area contributed by atoms with Gasteiger partial charge in [0.1, 0.15) is 0 Å². The zero-order valence-corrected chi connectivity index (χ0v) is 38.1. The molecule has 0 rings (SSSR count). The molecule has 0 aromatic heterocycles. The first kappa shape index (κ1) is 56.8. The van der Waals surface area contributed by atoms with Crippen LogP contribution in [0.1, 0.15) is 184 Å². The highest BCUT2D eigenvalue weighted by molar-refractivity contribution is 5.06. The van der Waals surface area contributed by atoms with Crippen LogP contribution in [0.5, 0.6) is 0 Å². The Kier molecular flexibility index (Phi) is 38.9. The summed E-state index contributed by atoms with van der Waals surface area (Å²) < 4.78 is 0. The predicted octanol–water partition coefficient (Wildman–Crippen LogP) is 17.6. The van der Waals surface area contributed by atoms with Crippen molar-refractivity contribution in [3.05, 3.63) is 72.9 Å². The predicted molar refractivity (Wildman–Crippen MR) is 236 cm³/mol. The maximum atomic E-state index is 4.03. The normalized spacial score (nSPS) is 13.6. The van der Waals surface area contributed by atoms with Crippen LogP contribution in [0.15, 0.2) is 72.9 Å². The van der Waals surface area contributed by atoms with E-state index in [-0.39, 0.29) is 0 Å². The lowest BCUT2D eigenvalue weighted by Gasteiger charge is -2.32. The first-order valence-corrected chi connectivity index (χ1v) is 20.1. The third-order valence-corrected chi connectivity index (χ3v) is 8.48. The summed E-state index contributed by atoms with van der Waals surface area (Å²) >= 11 is 0. The number of hydrogen-bond acceptors (Lipinski definition) is 0. The van der Waals surface area contributed by atoms with E-state index in [1.807, 2.05) is 6.92 Å². The third kappa shape index (κ3) is 46.4. The summed E-state index contributed by atoms with van der Waals surface area (Å²) in [5.41, 5.74) is 5.79. The highest BCUT2D eigenvalue weighted by Gasteiger charge is 2.25. The monoisotopic (exact) mass is 685 g/mol. The van der Waals surface area contributed by atoms with Gasteiger partial charge in [0.15, 0.2) is 0 Å². The van der Waals surface area contributed by atoms with E-state index in [0.717, 1.165) is 52.9 Å². The van der Waals surface area contributed by atoms with Crippen LogP contribution in [0.3, 0.4) is 0 Å². The van der Waals surface area contributed by atoms with Crippen molar-refractivity contribution in [3.63, 3.8) is 0 Å². The average Bonchev–Trinajstić information content (AvgIpc) is 2.93. The molecule has 0 amide bonds. The lowest BCUT2D eigenvalue weighted by atomic mass is 9.73. The maximum Gasteiger partial charge on any atom is -0.0124 e. The second-order valence-corrected chi connectivity index (χ2v) is 18.4. The quantitative estimate of drug-likeness (QED) is 0.106. The minimum absolute atomic E-state index is 0.328. The Bertz CT molecular complexity index is 832. The SMILES string of the molecule is C/C(=C/CC(C)C)CC(C)C.C/C(=C\CC(C)C)CC(C)C.C=C(C)C(CC(C)C)C(C)C.C=CC(=C)C.C=CC(C)(CC(C)C)C(C)C. The molecule has 0 N–H and O–H groups in total. The van der Waals surface area contributed by atoms with Crippen LogP contribution in [0.2, 0.25) is 0 Å². The lowest BCUT2D eigenvalue weighted by Crippen LogP contribution is -2.22. The molecule has 2 unspecified atom stereocenters. The van der Waals surface area contributed by atoms with E-state index in [0.29, 0.717) is 11.3 Å². The molecule has 0 saturated heterocycles. The van der Waals surface area contributed by atoms with Crippen LogP contribution in [-0.2, 0) is 0 Å². The Morgan fingerprint density at radius 3 is 1.02 bits per heavy atom. The highest BCUT2D eigenvalue weighted by atomic mass is 14.3. The van der Waals surface area contributed by atoms with Gasteiger partial charge in [0.05, 0.1) is 0 Å². The molecule has 0 aliphatic rings. The molecule has 0 nitrogen and oxygen atoms in total. The van der Waals surface area contributed by atoms with Crippen molar-refractivity contribution in [2.24, 2.45) is 58.7 Å². The second-order valence-electron chi connectivity index (χ2n) is 18.4. The van der Waals surface area contributed by atoms with Crippen LogP contribution in [-0.4, -0.2) is 0 Å². The smallest absolute Gasteiger partial charge is 0.0124 e. The Morgan fingerprint density at radius 2 is 0.898 bits per heavy atom. The molecule has 0 spiro atoms. The minimum Gasteiger partial charge on any atom is -0.103 e. The van der Waals surface area contributed by atoms with Crippen molar-refractivity contribution in [3.8, 4) is 0 Å². The van der Waals surface area contributed by atoms with E-state index < -0.39 is 0 Å². The van der Waals surface area contributed by atoms with Crippen LogP contribution in [0.25, 0.3) is 0 Å². The van der Waals surface area contributed by atoms with Gasteiger partial charge in [-0.25, -0.2) is 0 Å². The minimum atomic E-state index is 0.328. The van der Waals surface area contributed by atoms with Crippen molar-refractivity contribution in [2.45, 2.75) is 184 Å². The molecule has 0 saturated carbocycles. The van der Waals surface area contributed by atoms with E-state index >= 15 is 0 Å². The molecule has 0 heteroatoms. The molecular weight excluding hydrogens is 589 g/mol. The molecule has 0 fully saturated rings. The summed E-state index contributed by atoms with van der Waals surface area (Å²) in [6, 6.07) is 0. The number of rotatable bonds is 17. The van der Waals surface area contributed by atoms with Crippen LogP contribution >= 0.6 is 0 Å². The zero-order valence-electron chi connectivity index (χ0n) is 38.1. The summed E-state index contributed by atoms with van der Waals surface area (Å²) in [5.74, 6) is 6.93. The van der Waals surface area contributed by atoms with Crippen LogP contribution in [0.4, 0.5) is 0 Å². The van der Waals surface area contributed by atoms with Gasteiger partial charge in [-0.15, -0.1) is 6.58 Å². The lowest BCUT2D eigenvalue weighted by molar-refractivity contribution is 0.241. The molecule has 2 atom stereocenters. The summed E-state index contributed by atoms with van der Waals surface area (Å²) in [6.45, 7) is 62.1. The Hall–Kier alpha value is -1.56. The van der Waals surface area contributed by atoms with E-state index in [1.165, 1.54) is 44.1 Å². The summed E-state index contributed by atoms with van der Waals surface area (Å²) in [4.78, 5) is 0. The summed E-state index contributed by atoms with van der Waals surface area (Å²) in [6.07, 6.45) is 16.1. The topological polar surface area (TPSA) is 0 Å². The largest absolute Gasteiger partial charge is 0.103 e. The Morgan fingerprint density at radius 1 is 0.551 bits per heavy atom. The molecule has 0 radical (unpaired) electrons. The number of hydrogen-bond donors (Lipinski definition) is 0. The van der Waals surface area contributed by atoms with Gasteiger partial charge in [0.25, 0.3) is 0 Å². The van der Waals surface area contributed by atoms with Crippen molar-refractivity contribution >= 4 is 0 Å². The molecule has 0 bridgehead atoms. The van der Waals surface area contributed by atoms with Gasteiger partial charge in [0.2, 0.25) is 0 Å². The fourth-order valence-corrected chi connectivity index (χ4v) is 5.31. The first-order chi connectivity index (χ1) is 22.2. The van der Waals surface area contributed by atoms with Crippen LogP contribution in [0, 0.1) is 58.7 Å². The van der Waals surface area contributed by atoms with Crippen LogP contribution < -0.4 is 0 Å². The van der Waals surface area contributed by atoms with E-state index in [9.17, 15) is 0 Å². The molecular formula is C49H96. The van der Waals surface area contributed by atoms with Gasteiger partial charge < -0.3 is 0 Å². The average molecular weight is 685 g/mol. The molecule has 0 heterocycles. The highest BCUT2D eigenvalue weighted by Crippen LogP contribution is 2.35. The number of allylic oxidation sites excluding steroid dienone is 8. The van der Waals surface area contributed by atoms with E-state index in [1.54, 1.807) is 17.2 Å². The second kappa shape index (κ2) is 33.6. The molecule has 49 heavy (non-hydrogen) atoms. The van der Waals surface area contributed by atoms with Gasteiger partial charge in [-0.2, -0.15) is 0 Å². The molecule has 0 aromatic rings. The first-order valence-electron chi connectivity index (χ1n) is 20.1. The maximum absolute atomic E-state index is 4.03. The fraction of sp³-hybridized carbons (Fsp3) is 0.755. The Labute approximate surface area is 314 Å². The molecule has 0 aliphatic carbocycles. The van der Waals surface area contributed by atoms with Gasteiger partial charge in [0, 0.05) is 0 Å². The van der Waals surface area contributed by atoms with Gasteiger partial charge in [-0.3, -0.25) is 0 Å². The standard InChI is InChI=1S/4C11H22.C5H8/c1-8(2)7-11(9(3)4)10(5)6;2*1-9(2)6-7-11(5)8-10(3)4;1-7-11(6,10(4)5)8-9(2)3;1-4-5(2)3/h8,10-11H,3,7H2,1-2,4-6H3;2*7,9-10H,6,8H2,1-5H3;7,9-10H,1,8H2,2-6H3;4H,1-2H2,3H3/b;11-7+;11-7-;;. The van der Waals surface area contributed by atoms with Crippen molar-refractivity contribution in [1.82, 2.24) is 0 Å². The van der Waals surface area contributed by atoms with Gasteiger partial charge >= 0.3 is 0 Å². The summed E-state index contributed by atoms with van der Waals surface area (Å²) in [5, 5.41) is 0. The van der Waals surface area contributed by atoms with Crippen molar-refractivity contribution in [2.75, 3.05) is 0 Å². The third-order valence-electron chi connectivity index (χ3n) is 8.48. The summed E-state index contributed by atoms with van der Waals surface area (Å²) in [7, 11) is 0. The fourth-order valence-electron chi connectivity index (χ4n) is 5.31. The molecule has 292 valence electrons. The van der Waals surface area contributed by atoms with E-state index in [2.05, 4.69) is 183 Å². The van der Waals surface area contributed by atoms with E-state index in [4.69, 9.17) is 0 Å². The van der Waals surface area contributed by atoms with Crippen molar-refractivity contribution < 1.29 is 0 Å². The van der Waals surface area contributed by atoms with Gasteiger partial charge in [-0.1, -0.05) is 184 Å².